The highest BCUT2D eigenvalue weighted by Gasteiger charge is 2.32. The van der Waals surface area contributed by atoms with Gasteiger partial charge in [0, 0.05) is 11.6 Å². The van der Waals surface area contributed by atoms with Crippen LogP contribution in [0.5, 0.6) is 5.75 Å². The minimum atomic E-state index is 0.164. The van der Waals surface area contributed by atoms with Crippen molar-refractivity contribution < 1.29 is 9.47 Å². The molecule has 0 unspecified atom stereocenters. The lowest BCUT2D eigenvalue weighted by Crippen LogP contribution is -2.34. The van der Waals surface area contributed by atoms with Crippen LogP contribution in [0.1, 0.15) is 30.1 Å². The summed E-state index contributed by atoms with van der Waals surface area (Å²) in [5.74, 6) is 0.973. The number of hydrogen-bond donors (Lipinski definition) is 1. The van der Waals surface area contributed by atoms with Crippen molar-refractivity contribution >= 4 is 0 Å². The van der Waals surface area contributed by atoms with Gasteiger partial charge in [-0.3, -0.25) is 0 Å². The lowest BCUT2D eigenvalue weighted by molar-refractivity contribution is 0.0182. The van der Waals surface area contributed by atoms with Crippen LogP contribution in [0.4, 0.5) is 0 Å². The van der Waals surface area contributed by atoms with Crippen LogP contribution in [-0.4, -0.2) is 26.3 Å². The maximum atomic E-state index is 5.99. The number of methoxy groups -OCH3 is 1. The van der Waals surface area contributed by atoms with Gasteiger partial charge in [0.1, 0.15) is 11.9 Å². The van der Waals surface area contributed by atoms with E-state index in [4.69, 9.17) is 9.47 Å². The molecule has 0 aliphatic carbocycles. The fraction of sp³-hybridized carbons (Fsp3) is 0.571. The summed E-state index contributed by atoms with van der Waals surface area (Å²) >= 11 is 0. The molecular formula is C14H19NO2. The second-order valence-electron chi connectivity index (χ2n) is 4.78. The summed E-state index contributed by atoms with van der Waals surface area (Å²) in [5.41, 5.74) is 2.65. The Balaban J connectivity index is 1.99. The summed E-state index contributed by atoms with van der Waals surface area (Å²) in [5, 5.41) is 3.54. The van der Waals surface area contributed by atoms with E-state index in [0.717, 1.165) is 25.3 Å². The van der Waals surface area contributed by atoms with Gasteiger partial charge in [-0.15, -0.1) is 0 Å². The maximum absolute atomic E-state index is 5.99. The van der Waals surface area contributed by atoms with E-state index in [1.807, 2.05) is 6.07 Å². The van der Waals surface area contributed by atoms with Crippen molar-refractivity contribution in [2.45, 2.75) is 31.4 Å². The fourth-order valence-electron chi connectivity index (χ4n) is 2.97. The largest absolute Gasteiger partial charge is 0.496 e. The molecule has 2 aliphatic heterocycles. The molecule has 1 fully saturated rings. The monoisotopic (exact) mass is 233 g/mol. The first-order valence-electron chi connectivity index (χ1n) is 6.41. The van der Waals surface area contributed by atoms with Crippen molar-refractivity contribution in [1.29, 1.82) is 0 Å². The van der Waals surface area contributed by atoms with Gasteiger partial charge in [0.25, 0.3) is 0 Å². The first kappa shape index (κ1) is 11.1. The Bertz CT molecular complexity index is 385. The van der Waals surface area contributed by atoms with Gasteiger partial charge >= 0.3 is 0 Å². The van der Waals surface area contributed by atoms with E-state index in [9.17, 15) is 0 Å². The number of nitrogens with one attached hydrogen (secondary N) is 1. The van der Waals surface area contributed by atoms with Gasteiger partial charge in [-0.1, -0.05) is 12.1 Å². The third-order valence-electron chi connectivity index (χ3n) is 3.79. The number of benzene rings is 1. The lowest BCUT2D eigenvalue weighted by atomic mass is 9.91. The van der Waals surface area contributed by atoms with Crippen LogP contribution in [0.3, 0.4) is 0 Å². The number of hydrogen-bond acceptors (Lipinski definition) is 3. The van der Waals surface area contributed by atoms with E-state index in [0.29, 0.717) is 6.04 Å². The van der Waals surface area contributed by atoms with Crippen LogP contribution in [0.25, 0.3) is 0 Å². The van der Waals surface area contributed by atoms with E-state index in [2.05, 4.69) is 17.4 Å². The Labute approximate surface area is 102 Å². The smallest absolute Gasteiger partial charge is 0.125 e. The van der Waals surface area contributed by atoms with E-state index < -0.39 is 0 Å². The van der Waals surface area contributed by atoms with Gasteiger partial charge < -0.3 is 14.8 Å². The Kier molecular flexibility index (Phi) is 3.04. The fourth-order valence-corrected chi connectivity index (χ4v) is 2.97. The Morgan fingerprint density at radius 1 is 1.41 bits per heavy atom. The summed E-state index contributed by atoms with van der Waals surface area (Å²) < 4.78 is 11.5. The Hall–Kier alpha value is -1.06. The molecule has 0 amide bonds. The van der Waals surface area contributed by atoms with Gasteiger partial charge in [0.2, 0.25) is 0 Å². The van der Waals surface area contributed by atoms with Crippen molar-refractivity contribution in [3.8, 4) is 5.75 Å². The summed E-state index contributed by atoms with van der Waals surface area (Å²) in [6.45, 7) is 1.93. The summed E-state index contributed by atoms with van der Waals surface area (Å²) in [4.78, 5) is 0. The summed E-state index contributed by atoms with van der Waals surface area (Å²) in [7, 11) is 1.74. The van der Waals surface area contributed by atoms with Crippen LogP contribution in [0, 0.1) is 0 Å². The molecule has 1 aromatic rings. The molecule has 2 atom stereocenters. The Morgan fingerprint density at radius 3 is 3.12 bits per heavy atom. The first-order chi connectivity index (χ1) is 8.40. The average molecular weight is 233 g/mol. The van der Waals surface area contributed by atoms with Crippen LogP contribution in [-0.2, 0) is 11.2 Å². The van der Waals surface area contributed by atoms with Gasteiger partial charge in [-0.25, -0.2) is 0 Å². The number of fused-ring (bicyclic) bond motifs is 1. The van der Waals surface area contributed by atoms with Crippen molar-refractivity contribution in [3.05, 3.63) is 29.3 Å². The topological polar surface area (TPSA) is 30.5 Å². The summed E-state index contributed by atoms with van der Waals surface area (Å²) in [6.07, 6.45) is 3.60. The van der Waals surface area contributed by atoms with Gasteiger partial charge in [0.05, 0.1) is 13.7 Å². The van der Waals surface area contributed by atoms with Crippen LogP contribution in [0.15, 0.2) is 18.2 Å². The molecule has 1 N–H and O–H groups in total. The SMILES string of the molecule is COc1cccc2c1[C@H]([C@H]1CCCN1)OCC2. The zero-order valence-corrected chi connectivity index (χ0v) is 10.2. The average Bonchev–Trinajstić information content (AvgIpc) is 2.91. The molecule has 0 spiro atoms. The van der Waals surface area contributed by atoms with E-state index in [1.165, 1.54) is 24.0 Å². The minimum absolute atomic E-state index is 0.164. The maximum Gasteiger partial charge on any atom is 0.125 e. The molecule has 2 heterocycles. The van der Waals surface area contributed by atoms with Crippen molar-refractivity contribution in [2.75, 3.05) is 20.3 Å². The summed E-state index contributed by atoms with van der Waals surface area (Å²) in [6, 6.07) is 6.75. The molecule has 3 nitrogen and oxygen atoms in total. The van der Waals surface area contributed by atoms with E-state index in [1.54, 1.807) is 7.11 Å². The van der Waals surface area contributed by atoms with Crippen LogP contribution >= 0.6 is 0 Å². The second kappa shape index (κ2) is 4.67. The molecule has 0 aromatic heterocycles. The highest BCUT2D eigenvalue weighted by Crippen LogP contribution is 2.38. The van der Waals surface area contributed by atoms with E-state index >= 15 is 0 Å². The van der Waals surface area contributed by atoms with Gasteiger partial charge in [-0.05, 0) is 37.4 Å². The zero-order chi connectivity index (χ0) is 11.7. The minimum Gasteiger partial charge on any atom is -0.496 e. The third-order valence-corrected chi connectivity index (χ3v) is 3.79. The molecule has 1 aromatic carbocycles. The predicted molar refractivity (Wildman–Crippen MR) is 66.4 cm³/mol. The number of ether oxygens (including phenoxy) is 2. The first-order valence-corrected chi connectivity index (χ1v) is 6.41. The molecule has 1 saturated heterocycles. The van der Waals surface area contributed by atoms with Gasteiger partial charge in [0.15, 0.2) is 0 Å². The van der Waals surface area contributed by atoms with E-state index in [-0.39, 0.29) is 6.10 Å². The van der Waals surface area contributed by atoms with Crippen molar-refractivity contribution in [3.63, 3.8) is 0 Å². The number of rotatable bonds is 2. The molecule has 17 heavy (non-hydrogen) atoms. The van der Waals surface area contributed by atoms with Crippen LogP contribution in [0.2, 0.25) is 0 Å². The zero-order valence-electron chi connectivity index (χ0n) is 10.2. The molecule has 3 heteroatoms. The predicted octanol–water partition coefficient (Wildman–Crippen LogP) is 2.06. The third kappa shape index (κ3) is 1.94. The second-order valence-corrected chi connectivity index (χ2v) is 4.78. The quantitative estimate of drug-likeness (QED) is 0.848. The molecule has 0 bridgehead atoms. The molecule has 3 rings (SSSR count). The molecule has 0 saturated carbocycles. The molecule has 2 aliphatic rings. The lowest BCUT2D eigenvalue weighted by Gasteiger charge is -2.31. The van der Waals surface area contributed by atoms with Crippen molar-refractivity contribution in [1.82, 2.24) is 5.32 Å². The highest BCUT2D eigenvalue weighted by atomic mass is 16.5. The van der Waals surface area contributed by atoms with Crippen molar-refractivity contribution in [2.24, 2.45) is 0 Å². The highest BCUT2D eigenvalue weighted by molar-refractivity contribution is 5.44. The standard InChI is InChI=1S/C14H19NO2/c1-16-12-6-2-4-10-7-9-17-14(13(10)12)11-5-3-8-15-11/h2,4,6,11,14-15H,3,5,7-9H2,1H3/t11-,14+/m1/s1. The Morgan fingerprint density at radius 2 is 2.35 bits per heavy atom. The normalized spacial score (nSPS) is 27.8. The molecule has 0 radical (unpaired) electrons. The van der Waals surface area contributed by atoms with Gasteiger partial charge in [-0.2, -0.15) is 0 Å². The van der Waals surface area contributed by atoms with Crippen LogP contribution < -0.4 is 10.1 Å². The molecule has 92 valence electrons. The molecular weight excluding hydrogens is 214 g/mol.